The van der Waals surface area contributed by atoms with E-state index in [1.165, 1.54) is 30.2 Å². The molecule has 0 unspecified atom stereocenters. The van der Waals surface area contributed by atoms with Crippen LogP contribution in [0.3, 0.4) is 0 Å². The van der Waals surface area contributed by atoms with Crippen LogP contribution in [0.2, 0.25) is 10.0 Å². The highest BCUT2D eigenvalue weighted by Gasteiger charge is 2.13. The Morgan fingerprint density at radius 1 is 1.19 bits per heavy atom. The van der Waals surface area contributed by atoms with Crippen molar-refractivity contribution in [3.05, 3.63) is 63.6 Å². The molecular weight excluding hydrogens is 399 g/mol. The van der Waals surface area contributed by atoms with E-state index in [2.05, 4.69) is 4.74 Å². The minimum Gasteiger partial charge on any atom is -0.493 e. The van der Waals surface area contributed by atoms with Crippen molar-refractivity contribution in [3.63, 3.8) is 0 Å². The molecule has 0 aliphatic heterocycles. The van der Waals surface area contributed by atoms with Gasteiger partial charge in [0.05, 0.1) is 7.11 Å². The number of benzene rings is 2. The fourth-order valence-corrected chi connectivity index (χ4v) is 2.65. The topological polar surface area (TPSA) is 38.8 Å². The number of hydrogen-bond acceptors (Lipinski definition) is 3. The fourth-order valence-electron chi connectivity index (χ4n) is 2.29. The van der Waals surface area contributed by atoms with Gasteiger partial charge in [-0.15, -0.1) is 0 Å². The van der Waals surface area contributed by atoms with Gasteiger partial charge in [-0.25, -0.2) is 0 Å². The van der Waals surface area contributed by atoms with E-state index < -0.39 is 6.61 Å². The highest BCUT2D eigenvalue weighted by Crippen LogP contribution is 2.30. The lowest BCUT2D eigenvalue weighted by Crippen LogP contribution is -2.24. The zero-order valence-corrected chi connectivity index (χ0v) is 16.1. The first kappa shape index (κ1) is 21.0. The molecule has 1 amide bonds. The number of amides is 1. The molecule has 0 aromatic heterocycles. The van der Waals surface area contributed by atoms with E-state index in [0.717, 1.165) is 0 Å². The van der Waals surface area contributed by atoms with Gasteiger partial charge in [0, 0.05) is 29.7 Å². The van der Waals surface area contributed by atoms with Crippen LogP contribution in [-0.4, -0.2) is 31.6 Å². The quantitative estimate of drug-likeness (QED) is 0.577. The largest absolute Gasteiger partial charge is 0.493 e. The third-order valence-corrected chi connectivity index (χ3v) is 4.18. The Morgan fingerprint density at radius 3 is 2.59 bits per heavy atom. The third kappa shape index (κ3) is 6.12. The molecule has 0 atom stereocenters. The van der Waals surface area contributed by atoms with Crippen LogP contribution in [0.5, 0.6) is 11.5 Å². The Morgan fingerprint density at radius 2 is 1.93 bits per heavy atom. The van der Waals surface area contributed by atoms with Gasteiger partial charge in [0.15, 0.2) is 11.5 Å². The summed E-state index contributed by atoms with van der Waals surface area (Å²) >= 11 is 12.0. The minimum absolute atomic E-state index is 0.0906. The van der Waals surface area contributed by atoms with Gasteiger partial charge < -0.3 is 14.4 Å². The number of halogens is 4. The van der Waals surface area contributed by atoms with Crippen LogP contribution in [0.25, 0.3) is 6.08 Å². The number of alkyl halides is 2. The van der Waals surface area contributed by atoms with Crippen molar-refractivity contribution in [1.29, 1.82) is 0 Å². The van der Waals surface area contributed by atoms with Crippen LogP contribution in [0, 0.1) is 0 Å². The SMILES string of the molecule is COc1ccc(CN(C)C(=O)/C=C/c2cc(Cl)ccc2Cl)cc1OC(F)F. The molecule has 0 fully saturated rings. The first-order valence-corrected chi connectivity index (χ1v) is 8.55. The van der Waals surface area contributed by atoms with Crippen molar-refractivity contribution in [2.24, 2.45) is 0 Å². The van der Waals surface area contributed by atoms with Crippen LogP contribution in [0.15, 0.2) is 42.5 Å². The summed E-state index contributed by atoms with van der Waals surface area (Å²) in [4.78, 5) is 13.7. The van der Waals surface area contributed by atoms with Gasteiger partial charge in [0.1, 0.15) is 0 Å². The molecule has 0 bridgehead atoms. The number of likely N-dealkylation sites (N-methyl/N-ethyl adjacent to an activating group) is 1. The number of ether oxygens (including phenoxy) is 2. The van der Waals surface area contributed by atoms with Crippen LogP contribution < -0.4 is 9.47 Å². The normalized spacial score (nSPS) is 11.1. The van der Waals surface area contributed by atoms with Gasteiger partial charge in [0.2, 0.25) is 5.91 Å². The second-order valence-corrected chi connectivity index (χ2v) is 6.40. The van der Waals surface area contributed by atoms with Crippen molar-refractivity contribution >= 4 is 35.2 Å². The molecule has 27 heavy (non-hydrogen) atoms. The van der Waals surface area contributed by atoms with Crippen molar-refractivity contribution in [2.45, 2.75) is 13.2 Å². The summed E-state index contributed by atoms with van der Waals surface area (Å²) in [6.07, 6.45) is 2.92. The van der Waals surface area contributed by atoms with Crippen molar-refractivity contribution in [1.82, 2.24) is 4.90 Å². The highest BCUT2D eigenvalue weighted by molar-refractivity contribution is 6.34. The number of rotatable bonds is 7. The highest BCUT2D eigenvalue weighted by atomic mass is 35.5. The Balaban J connectivity index is 2.09. The van der Waals surface area contributed by atoms with E-state index in [1.54, 1.807) is 37.4 Å². The lowest BCUT2D eigenvalue weighted by atomic mass is 10.2. The molecule has 0 N–H and O–H groups in total. The lowest BCUT2D eigenvalue weighted by Gasteiger charge is -2.17. The molecule has 2 aromatic rings. The van der Waals surface area contributed by atoms with Crippen molar-refractivity contribution < 1.29 is 23.0 Å². The third-order valence-electron chi connectivity index (χ3n) is 3.60. The molecule has 0 spiro atoms. The molecule has 8 heteroatoms. The summed E-state index contributed by atoms with van der Waals surface area (Å²) in [6, 6.07) is 9.51. The van der Waals surface area contributed by atoms with E-state index in [4.69, 9.17) is 27.9 Å². The van der Waals surface area contributed by atoms with E-state index >= 15 is 0 Å². The molecule has 2 rings (SSSR count). The van der Waals surface area contributed by atoms with Crippen molar-refractivity contribution in [2.75, 3.05) is 14.2 Å². The molecule has 0 heterocycles. The average Bonchev–Trinajstić information content (AvgIpc) is 2.62. The molecule has 2 aromatic carbocycles. The van der Waals surface area contributed by atoms with E-state index in [9.17, 15) is 13.6 Å². The number of hydrogen-bond donors (Lipinski definition) is 0. The van der Waals surface area contributed by atoms with Gasteiger partial charge in [-0.05, 0) is 47.5 Å². The summed E-state index contributed by atoms with van der Waals surface area (Å²) in [5.41, 5.74) is 1.22. The standard InChI is InChI=1S/C19H17Cl2F2NO3/c1-24(18(25)8-4-13-10-14(20)5-6-15(13)21)11-12-3-7-16(26-2)17(9-12)27-19(22)23/h3-10,19H,11H2,1-2H3/b8-4+. The van der Waals surface area contributed by atoms with E-state index in [1.807, 2.05) is 0 Å². The molecule has 0 saturated heterocycles. The molecule has 0 aliphatic rings. The van der Waals surface area contributed by atoms with Gasteiger partial charge in [-0.1, -0.05) is 29.3 Å². The Kier molecular flexibility index (Phi) is 7.45. The molecule has 4 nitrogen and oxygen atoms in total. The van der Waals surface area contributed by atoms with Crippen LogP contribution in [0.1, 0.15) is 11.1 Å². The second kappa shape index (κ2) is 9.58. The van der Waals surface area contributed by atoms with Crippen LogP contribution in [-0.2, 0) is 11.3 Å². The summed E-state index contributed by atoms with van der Waals surface area (Å²) in [5.74, 6) is -0.200. The predicted octanol–water partition coefficient (Wildman–Crippen LogP) is 5.28. The molecule has 144 valence electrons. The Hall–Kier alpha value is -2.31. The van der Waals surface area contributed by atoms with Crippen LogP contribution >= 0.6 is 23.2 Å². The number of methoxy groups -OCH3 is 1. The Bertz CT molecular complexity index is 844. The van der Waals surface area contributed by atoms with Gasteiger partial charge in [-0.3, -0.25) is 4.79 Å². The number of nitrogens with zero attached hydrogens (tertiary/aromatic N) is 1. The number of carbonyl (C=O) groups excluding carboxylic acids is 1. The predicted molar refractivity (Wildman–Crippen MR) is 102 cm³/mol. The first-order chi connectivity index (χ1) is 12.8. The lowest BCUT2D eigenvalue weighted by molar-refractivity contribution is -0.125. The monoisotopic (exact) mass is 415 g/mol. The zero-order valence-electron chi connectivity index (χ0n) is 14.6. The summed E-state index contributed by atoms with van der Waals surface area (Å²) in [7, 11) is 2.94. The molecule has 0 radical (unpaired) electrons. The summed E-state index contributed by atoms with van der Waals surface area (Å²) in [5, 5.41) is 0.972. The van der Waals surface area contributed by atoms with E-state index in [0.29, 0.717) is 21.2 Å². The first-order valence-electron chi connectivity index (χ1n) is 7.80. The van der Waals surface area contributed by atoms with Gasteiger partial charge >= 0.3 is 6.61 Å². The fraction of sp³-hybridized carbons (Fsp3) is 0.211. The minimum atomic E-state index is -2.97. The maximum Gasteiger partial charge on any atom is 0.387 e. The van der Waals surface area contributed by atoms with Crippen LogP contribution in [0.4, 0.5) is 8.78 Å². The maximum absolute atomic E-state index is 12.5. The van der Waals surface area contributed by atoms with E-state index in [-0.39, 0.29) is 24.0 Å². The smallest absolute Gasteiger partial charge is 0.387 e. The second-order valence-electron chi connectivity index (χ2n) is 5.56. The Labute approximate surface area is 165 Å². The summed E-state index contributed by atoms with van der Waals surface area (Å²) in [6.45, 7) is -2.78. The molecular formula is C19H17Cl2F2NO3. The van der Waals surface area contributed by atoms with Crippen molar-refractivity contribution in [3.8, 4) is 11.5 Å². The zero-order chi connectivity index (χ0) is 20.0. The summed E-state index contributed by atoms with van der Waals surface area (Å²) < 4.78 is 34.5. The molecule has 0 aliphatic carbocycles. The average molecular weight is 416 g/mol. The maximum atomic E-state index is 12.5. The number of carbonyl (C=O) groups is 1. The van der Waals surface area contributed by atoms with Gasteiger partial charge in [0.25, 0.3) is 0 Å². The van der Waals surface area contributed by atoms with Gasteiger partial charge in [-0.2, -0.15) is 8.78 Å². The molecule has 0 saturated carbocycles.